The van der Waals surface area contributed by atoms with Gasteiger partial charge >= 0.3 is 0 Å². The van der Waals surface area contributed by atoms with Gasteiger partial charge in [0, 0.05) is 11.1 Å². The summed E-state index contributed by atoms with van der Waals surface area (Å²) in [5, 5.41) is 19.4. The molecule has 0 saturated heterocycles. The normalized spacial score (nSPS) is 11.4. The number of aryl methyl sites for hydroxylation is 1. The van der Waals surface area contributed by atoms with Crippen LogP contribution >= 0.6 is 0 Å². The predicted molar refractivity (Wildman–Crippen MR) is 83.1 cm³/mol. The van der Waals surface area contributed by atoms with Crippen molar-refractivity contribution in [3.63, 3.8) is 0 Å². The van der Waals surface area contributed by atoms with Crippen molar-refractivity contribution >= 4 is 5.78 Å². The summed E-state index contributed by atoms with van der Waals surface area (Å²) >= 11 is 0. The smallest absolute Gasteiger partial charge is 0.193 e. The second-order valence-corrected chi connectivity index (χ2v) is 6.31. The molecule has 21 heavy (non-hydrogen) atoms. The van der Waals surface area contributed by atoms with Gasteiger partial charge in [-0.2, -0.15) is 0 Å². The third-order valence-corrected chi connectivity index (χ3v) is 3.52. The Labute approximate surface area is 124 Å². The molecule has 0 atom stereocenters. The Morgan fingerprint density at radius 1 is 1.00 bits per heavy atom. The van der Waals surface area contributed by atoms with Gasteiger partial charge in [-0.15, -0.1) is 0 Å². The molecule has 2 rings (SSSR count). The van der Waals surface area contributed by atoms with Crippen LogP contribution < -0.4 is 0 Å². The molecule has 0 amide bonds. The molecule has 0 aliphatic rings. The van der Waals surface area contributed by atoms with E-state index in [9.17, 15) is 15.0 Å². The first kappa shape index (κ1) is 15.1. The average molecular weight is 284 g/mol. The summed E-state index contributed by atoms with van der Waals surface area (Å²) in [5.74, 6) is 0.226. The van der Waals surface area contributed by atoms with Gasteiger partial charge in [-0.05, 0) is 59.9 Å². The highest BCUT2D eigenvalue weighted by Crippen LogP contribution is 2.33. The molecule has 0 aromatic heterocycles. The van der Waals surface area contributed by atoms with Gasteiger partial charge in [0.1, 0.15) is 11.5 Å². The molecule has 0 radical (unpaired) electrons. The van der Waals surface area contributed by atoms with Crippen LogP contribution in [0.3, 0.4) is 0 Å². The minimum absolute atomic E-state index is 0.113. The molecule has 3 heteroatoms. The first-order chi connectivity index (χ1) is 9.70. The maximum atomic E-state index is 12.6. The van der Waals surface area contributed by atoms with Crippen LogP contribution in [0.4, 0.5) is 0 Å². The topological polar surface area (TPSA) is 57.5 Å². The highest BCUT2D eigenvalue weighted by atomic mass is 16.3. The molecule has 2 aromatic carbocycles. The van der Waals surface area contributed by atoms with Crippen LogP contribution in [0.5, 0.6) is 11.5 Å². The predicted octanol–water partition coefficient (Wildman–Crippen LogP) is 3.93. The molecule has 3 nitrogen and oxygen atoms in total. The highest BCUT2D eigenvalue weighted by Gasteiger charge is 2.22. The van der Waals surface area contributed by atoms with Crippen molar-refractivity contribution < 1.29 is 15.0 Å². The molecule has 0 aliphatic heterocycles. The van der Waals surface area contributed by atoms with Crippen molar-refractivity contribution in [2.24, 2.45) is 0 Å². The number of phenolic OH excluding ortho intramolecular Hbond substituents is 2. The lowest BCUT2D eigenvalue weighted by atomic mass is 9.83. The second-order valence-electron chi connectivity index (χ2n) is 6.31. The van der Waals surface area contributed by atoms with E-state index in [1.807, 2.05) is 20.8 Å². The van der Waals surface area contributed by atoms with E-state index in [-0.39, 0.29) is 22.7 Å². The Morgan fingerprint density at radius 3 is 2.10 bits per heavy atom. The van der Waals surface area contributed by atoms with E-state index >= 15 is 0 Å². The molecule has 2 N–H and O–H groups in total. The van der Waals surface area contributed by atoms with Crippen molar-refractivity contribution in [3.05, 3.63) is 58.7 Å². The molecule has 2 aromatic rings. The van der Waals surface area contributed by atoms with E-state index in [2.05, 4.69) is 0 Å². The van der Waals surface area contributed by atoms with E-state index in [4.69, 9.17) is 0 Å². The van der Waals surface area contributed by atoms with E-state index in [1.54, 1.807) is 31.2 Å². The van der Waals surface area contributed by atoms with Crippen molar-refractivity contribution in [1.82, 2.24) is 0 Å². The summed E-state index contributed by atoms with van der Waals surface area (Å²) in [6, 6.07) is 9.58. The molecule has 110 valence electrons. The van der Waals surface area contributed by atoms with Gasteiger partial charge in [-0.1, -0.05) is 20.8 Å². The zero-order chi connectivity index (χ0) is 15.8. The fourth-order valence-electron chi connectivity index (χ4n) is 2.31. The van der Waals surface area contributed by atoms with Crippen LogP contribution in [0.25, 0.3) is 0 Å². The molecule has 0 spiro atoms. The van der Waals surface area contributed by atoms with Gasteiger partial charge in [0.25, 0.3) is 0 Å². The van der Waals surface area contributed by atoms with E-state index in [0.29, 0.717) is 11.1 Å². The minimum Gasteiger partial charge on any atom is -0.508 e. The Hall–Kier alpha value is -2.29. The summed E-state index contributed by atoms with van der Waals surface area (Å²) in [5.41, 5.74) is 2.32. The lowest BCUT2D eigenvalue weighted by Gasteiger charge is -2.22. The number of hydrogen-bond acceptors (Lipinski definition) is 3. The summed E-state index contributed by atoms with van der Waals surface area (Å²) in [6.45, 7) is 7.78. The second kappa shape index (κ2) is 5.24. The molecule has 0 aliphatic carbocycles. The summed E-state index contributed by atoms with van der Waals surface area (Å²) < 4.78 is 0. The summed E-state index contributed by atoms with van der Waals surface area (Å²) in [4.78, 5) is 12.6. The maximum absolute atomic E-state index is 12.6. The Morgan fingerprint density at radius 2 is 1.57 bits per heavy atom. The molecule has 0 unspecified atom stereocenters. The Bertz CT molecular complexity index is 677. The van der Waals surface area contributed by atoms with E-state index in [0.717, 1.165) is 11.1 Å². The van der Waals surface area contributed by atoms with E-state index < -0.39 is 0 Å². The lowest BCUT2D eigenvalue weighted by Crippen LogP contribution is -2.14. The summed E-state index contributed by atoms with van der Waals surface area (Å²) in [6.07, 6.45) is 0. The van der Waals surface area contributed by atoms with Gasteiger partial charge in [-0.25, -0.2) is 0 Å². The van der Waals surface area contributed by atoms with Gasteiger partial charge < -0.3 is 10.2 Å². The van der Waals surface area contributed by atoms with Crippen molar-refractivity contribution in [2.75, 3.05) is 0 Å². The zero-order valence-electron chi connectivity index (χ0n) is 12.8. The molecule has 0 saturated carbocycles. The Kier molecular flexibility index (Phi) is 3.77. The fourth-order valence-corrected chi connectivity index (χ4v) is 2.31. The lowest BCUT2D eigenvalue weighted by molar-refractivity contribution is 0.103. The number of carbonyl (C=O) groups is 1. The van der Waals surface area contributed by atoms with Crippen molar-refractivity contribution in [3.8, 4) is 11.5 Å². The zero-order valence-corrected chi connectivity index (χ0v) is 12.8. The fraction of sp³-hybridized carbons (Fsp3) is 0.278. The van der Waals surface area contributed by atoms with Crippen LogP contribution in [0.2, 0.25) is 0 Å². The third kappa shape index (κ3) is 3.07. The van der Waals surface area contributed by atoms with Crippen LogP contribution in [-0.2, 0) is 5.41 Å². The molecular formula is C18H20O3. The first-order valence-corrected chi connectivity index (χ1v) is 6.88. The van der Waals surface area contributed by atoms with Crippen molar-refractivity contribution in [2.45, 2.75) is 33.1 Å². The standard InChI is InChI=1S/C18H20O3/c1-11-9-16(20)15(18(2,3)4)10-14(11)17(21)12-5-7-13(19)8-6-12/h5-10,19-20H,1-4H3. The van der Waals surface area contributed by atoms with E-state index in [1.165, 1.54) is 12.1 Å². The number of rotatable bonds is 2. The van der Waals surface area contributed by atoms with Gasteiger partial charge in [0.05, 0.1) is 0 Å². The average Bonchev–Trinajstić information content (AvgIpc) is 2.37. The van der Waals surface area contributed by atoms with Crippen LogP contribution in [0.15, 0.2) is 36.4 Å². The number of benzene rings is 2. The summed E-state index contributed by atoms with van der Waals surface area (Å²) in [7, 11) is 0. The van der Waals surface area contributed by atoms with Gasteiger partial charge in [0.15, 0.2) is 5.78 Å². The van der Waals surface area contributed by atoms with Gasteiger partial charge in [-0.3, -0.25) is 4.79 Å². The monoisotopic (exact) mass is 284 g/mol. The quantitative estimate of drug-likeness (QED) is 0.821. The maximum Gasteiger partial charge on any atom is 0.193 e. The Balaban J connectivity index is 2.53. The number of carbonyl (C=O) groups excluding carboxylic acids is 1. The molecule has 0 fully saturated rings. The molecule has 0 bridgehead atoms. The number of phenols is 2. The van der Waals surface area contributed by atoms with Crippen LogP contribution in [0.1, 0.15) is 47.8 Å². The van der Waals surface area contributed by atoms with Crippen LogP contribution in [-0.4, -0.2) is 16.0 Å². The first-order valence-electron chi connectivity index (χ1n) is 6.88. The van der Waals surface area contributed by atoms with Gasteiger partial charge in [0.2, 0.25) is 0 Å². The minimum atomic E-state index is -0.248. The number of aromatic hydroxyl groups is 2. The van der Waals surface area contributed by atoms with Crippen molar-refractivity contribution in [1.29, 1.82) is 0 Å². The molecule has 0 heterocycles. The molecular weight excluding hydrogens is 264 g/mol. The third-order valence-electron chi connectivity index (χ3n) is 3.52. The number of ketones is 1. The number of hydrogen-bond donors (Lipinski definition) is 2. The largest absolute Gasteiger partial charge is 0.508 e. The van der Waals surface area contributed by atoms with Crippen LogP contribution in [0, 0.1) is 6.92 Å². The SMILES string of the molecule is Cc1cc(O)c(C(C)(C)C)cc1C(=O)c1ccc(O)cc1. The highest BCUT2D eigenvalue weighted by molar-refractivity contribution is 6.10.